The second-order valence-corrected chi connectivity index (χ2v) is 6.06. The molecule has 0 saturated carbocycles. The molecule has 148 valence electrons. The van der Waals surface area contributed by atoms with Crippen LogP contribution in [0.25, 0.3) is 0 Å². The van der Waals surface area contributed by atoms with E-state index in [1.54, 1.807) is 13.1 Å². The molecule has 2 aromatic rings. The molecule has 9 nitrogen and oxygen atoms in total. The van der Waals surface area contributed by atoms with Gasteiger partial charge in [0, 0.05) is 5.69 Å². The number of hydrogen-bond donors (Lipinski definition) is 3. The maximum atomic E-state index is 13.1. The van der Waals surface area contributed by atoms with Crippen molar-refractivity contribution in [3.63, 3.8) is 0 Å². The van der Waals surface area contributed by atoms with Crippen molar-refractivity contribution in [2.45, 2.75) is 0 Å². The van der Waals surface area contributed by atoms with Crippen molar-refractivity contribution in [3.8, 4) is 5.75 Å². The van der Waals surface area contributed by atoms with E-state index in [9.17, 15) is 24.1 Å². The Labute approximate surface area is 160 Å². The quantitative estimate of drug-likeness (QED) is 0.456. The number of nitrogens with one attached hydrogen (secondary N) is 3. The van der Waals surface area contributed by atoms with Crippen LogP contribution in [0.2, 0.25) is 0 Å². The van der Waals surface area contributed by atoms with Gasteiger partial charge in [0.2, 0.25) is 0 Å². The summed E-state index contributed by atoms with van der Waals surface area (Å²) < 4.78 is 18.1. The smallest absolute Gasteiger partial charge is 0.296 e. The van der Waals surface area contributed by atoms with Crippen LogP contribution >= 0.6 is 0 Å². The number of rotatable bonds is 8. The van der Waals surface area contributed by atoms with E-state index in [2.05, 4.69) is 10.6 Å². The maximum Gasteiger partial charge on any atom is 0.296 e. The summed E-state index contributed by atoms with van der Waals surface area (Å²) in [5.74, 6) is -1.07. The van der Waals surface area contributed by atoms with E-state index in [0.29, 0.717) is 16.3 Å². The fraction of sp³-hybridized carbons (Fsp3) is 0.222. The molecule has 28 heavy (non-hydrogen) atoms. The van der Waals surface area contributed by atoms with E-state index >= 15 is 0 Å². The fourth-order valence-electron chi connectivity index (χ4n) is 2.47. The minimum atomic E-state index is -0.624. The third kappa shape index (κ3) is 6.02. The number of carbonyl (C=O) groups is 2. The molecule has 0 aliphatic rings. The van der Waals surface area contributed by atoms with Gasteiger partial charge in [0.1, 0.15) is 17.3 Å². The summed E-state index contributed by atoms with van der Waals surface area (Å²) in [4.78, 5) is 35.2. The molecule has 0 heterocycles. The predicted molar refractivity (Wildman–Crippen MR) is 99.9 cm³/mol. The summed E-state index contributed by atoms with van der Waals surface area (Å²) in [6.07, 6.45) is 0. The summed E-state index contributed by atoms with van der Waals surface area (Å²) in [7, 11) is 3.00. The zero-order valence-corrected chi connectivity index (χ0v) is 15.3. The highest BCUT2D eigenvalue weighted by atomic mass is 19.1. The van der Waals surface area contributed by atoms with Crippen LogP contribution in [-0.2, 0) is 9.59 Å². The minimum Gasteiger partial charge on any atom is -0.496 e. The molecule has 3 N–H and O–H groups in total. The van der Waals surface area contributed by atoms with Crippen molar-refractivity contribution in [2.24, 2.45) is 0 Å². The number of nitro groups is 1. The van der Waals surface area contributed by atoms with Crippen molar-refractivity contribution in [3.05, 3.63) is 58.4 Å². The van der Waals surface area contributed by atoms with Gasteiger partial charge in [0.15, 0.2) is 13.1 Å². The van der Waals surface area contributed by atoms with Crippen LogP contribution in [-0.4, -0.2) is 44.0 Å². The van der Waals surface area contributed by atoms with Crippen LogP contribution in [0.15, 0.2) is 42.5 Å². The molecule has 1 atom stereocenters. The van der Waals surface area contributed by atoms with E-state index in [4.69, 9.17) is 4.74 Å². The normalized spacial score (nSPS) is 11.4. The van der Waals surface area contributed by atoms with Crippen molar-refractivity contribution >= 4 is 28.9 Å². The van der Waals surface area contributed by atoms with Crippen LogP contribution in [0.4, 0.5) is 21.5 Å². The number of carbonyl (C=O) groups excluding carboxylic acids is 2. The molecular formula is C18H20FN4O5+. The molecule has 0 saturated heterocycles. The molecular weight excluding hydrogens is 371 g/mol. The summed E-state index contributed by atoms with van der Waals surface area (Å²) >= 11 is 0. The van der Waals surface area contributed by atoms with Crippen molar-refractivity contribution in [2.75, 3.05) is 37.9 Å². The van der Waals surface area contributed by atoms with Gasteiger partial charge in [-0.1, -0.05) is 6.07 Å². The van der Waals surface area contributed by atoms with Crippen molar-refractivity contribution in [1.82, 2.24) is 0 Å². The molecule has 0 fully saturated rings. The lowest BCUT2D eigenvalue weighted by atomic mass is 10.2. The van der Waals surface area contributed by atoms with Gasteiger partial charge in [0.25, 0.3) is 17.5 Å². The van der Waals surface area contributed by atoms with Gasteiger partial charge >= 0.3 is 0 Å². The third-order valence-corrected chi connectivity index (χ3v) is 3.71. The van der Waals surface area contributed by atoms with Gasteiger partial charge in [-0.25, -0.2) is 4.39 Å². The van der Waals surface area contributed by atoms with E-state index in [1.807, 2.05) is 0 Å². The van der Waals surface area contributed by atoms with Crippen LogP contribution in [0.1, 0.15) is 0 Å². The lowest BCUT2D eigenvalue weighted by molar-refractivity contribution is -0.862. The first-order chi connectivity index (χ1) is 13.3. The van der Waals surface area contributed by atoms with Crippen LogP contribution < -0.4 is 20.3 Å². The first kappa shape index (κ1) is 20.8. The minimum absolute atomic E-state index is 0.0350. The van der Waals surface area contributed by atoms with Crippen LogP contribution in [0, 0.1) is 15.9 Å². The number of nitrogens with zero attached hydrogens (tertiary/aromatic N) is 1. The molecule has 1 unspecified atom stereocenters. The SMILES string of the molecule is COc1ccc(NC(=O)C[NH+](C)CC(=O)Nc2cccc(F)c2)c([N+](=O)[O-])c1. The molecule has 0 aliphatic heterocycles. The monoisotopic (exact) mass is 391 g/mol. The highest BCUT2D eigenvalue weighted by Gasteiger charge is 2.20. The van der Waals surface area contributed by atoms with Crippen molar-refractivity contribution in [1.29, 1.82) is 0 Å². The number of amides is 2. The highest BCUT2D eigenvalue weighted by molar-refractivity contribution is 5.94. The molecule has 0 aliphatic carbocycles. The number of likely N-dealkylation sites (N-methyl/N-ethyl adjacent to an activating group) is 1. The summed E-state index contributed by atoms with van der Waals surface area (Å²) in [5, 5.41) is 16.2. The van der Waals surface area contributed by atoms with Gasteiger partial charge in [0.05, 0.1) is 25.1 Å². The van der Waals surface area contributed by atoms with Gasteiger partial charge in [-0.15, -0.1) is 0 Å². The van der Waals surface area contributed by atoms with Crippen molar-refractivity contribution < 1.29 is 28.5 Å². The van der Waals surface area contributed by atoms with Gasteiger partial charge in [-0.3, -0.25) is 19.7 Å². The van der Waals surface area contributed by atoms with Gasteiger partial charge in [-0.2, -0.15) is 0 Å². The molecule has 2 aromatic carbocycles. The molecule has 0 bridgehead atoms. The molecule has 0 aromatic heterocycles. The van der Waals surface area contributed by atoms with Crippen LogP contribution in [0.3, 0.4) is 0 Å². The summed E-state index contributed by atoms with van der Waals surface area (Å²) in [6, 6.07) is 9.53. The Bertz CT molecular complexity index is 890. The number of halogens is 1. The number of nitro benzene ring substituents is 1. The number of quaternary nitrogens is 1. The number of anilines is 2. The van der Waals surface area contributed by atoms with E-state index in [-0.39, 0.29) is 24.5 Å². The lowest BCUT2D eigenvalue weighted by Crippen LogP contribution is -3.11. The molecule has 2 amide bonds. The topological polar surface area (TPSA) is 115 Å². The number of methoxy groups -OCH3 is 1. The Balaban J connectivity index is 1.92. The number of ether oxygens (including phenoxy) is 1. The first-order valence-corrected chi connectivity index (χ1v) is 8.27. The average molecular weight is 391 g/mol. The Hall–Kier alpha value is -3.53. The molecule has 0 spiro atoms. The standard InChI is InChI=1S/C18H19FN4O5/c1-22(10-17(24)20-13-5-3-4-12(19)8-13)11-18(25)21-15-7-6-14(28-2)9-16(15)23(26)27/h3-9H,10-11H2,1-2H3,(H,20,24)(H,21,25)/p+1. The zero-order valence-electron chi connectivity index (χ0n) is 15.3. The maximum absolute atomic E-state index is 13.1. The molecule has 2 rings (SSSR count). The highest BCUT2D eigenvalue weighted by Crippen LogP contribution is 2.28. The second kappa shape index (κ2) is 9.42. The number of hydrogen-bond acceptors (Lipinski definition) is 5. The molecule has 10 heteroatoms. The Kier molecular flexibility index (Phi) is 6.99. The fourth-order valence-corrected chi connectivity index (χ4v) is 2.47. The van der Waals surface area contributed by atoms with Crippen LogP contribution in [0.5, 0.6) is 5.75 Å². The van der Waals surface area contributed by atoms with E-state index < -0.39 is 22.6 Å². The Morgan fingerprint density at radius 1 is 1.14 bits per heavy atom. The second-order valence-electron chi connectivity index (χ2n) is 6.06. The van der Waals surface area contributed by atoms with E-state index in [0.717, 1.165) is 0 Å². The lowest BCUT2D eigenvalue weighted by Gasteiger charge is -2.14. The Morgan fingerprint density at radius 2 is 1.82 bits per heavy atom. The average Bonchev–Trinajstić information content (AvgIpc) is 2.61. The summed E-state index contributed by atoms with van der Waals surface area (Å²) in [6.45, 7) is -0.144. The third-order valence-electron chi connectivity index (χ3n) is 3.71. The molecule has 0 radical (unpaired) electrons. The van der Waals surface area contributed by atoms with Gasteiger partial charge in [-0.05, 0) is 30.3 Å². The predicted octanol–water partition coefficient (Wildman–Crippen LogP) is 0.834. The number of benzene rings is 2. The Morgan fingerprint density at radius 3 is 2.43 bits per heavy atom. The summed E-state index contributed by atoms with van der Waals surface area (Å²) in [5.41, 5.74) is 0.0538. The zero-order chi connectivity index (χ0) is 20.7. The van der Waals surface area contributed by atoms with E-state index in [1.165, 1.54) is 43.5 Å². The largest absolute Gasteiger partial charge is 0.496 e. The first-order valence-electron chi connectivity index (χ1n) is 8.27. The van der Waals surface area contributed by atoms with Gasteiger partial charge < -0.3 is 20.3 Å².